The summed E-state index contributed by atoms with van der Waals surface area (Å²) in [5.74, 6) is 1.21. The Kier molecular flexibility index (Phi) is 6.69. The first-order valence-corrected chi connectivity index (χ1v) is 7.60. The third-order valence-electron chi connectivity index (χ3n) is 4.34. The van der Waals surface area contributed by atoms with E-state index < -0.39 is 0 Å². The molecule has 3 heteroatoms. The number of hydrogen-bond acceptors (Lipinski definition) is 2. The van der Waals surface area contributed by atoms with E-state index in [9.17, 15) is 4.79 Å². The van der Waals surface area contributed by atoms with Crippen LogP contribution in [-0.4, -0.2) is 37.0 Å². The fourth-order valence-corrected chi connectivity index (χ4v) is 2.99. The number of carbonyl (C=O) groups excluding carboxylic acids is 1. The van der Waals surface area contributed by atoms with Crippen LogP contribution < -0.4 is 5.32 Å². The number of unbranched alkanes of at least 4 members (excludes halogenated alkanes) is 1. The number of nitrogens with zero attached hydrogens (tertiary/aromatic N) is 1. The molecule has 1 aliphatic rings. The van der Waals surface area contributed by atoms with Crippen LogP contribution in [0.3, 0.4) is 0 Å². The Bertz CT molecular complexity index is 255. The van der Waals surface area contributed by atoms with E-state index in [0.717, 1.165) is 32.4 Å². The van der Waals surface area contributed by atoms with Crippen LogP contribution in [-0.2, 0) is 4.79 Å². The summed E-state index contributed by atoms with van der Waals surface area (Å²) in [7, 11) is 2.02. The summed E-state index contributed by atoms with van der Waals surface area (Å²) in [5, 5.41) is 3.35. The molecule has 1 rings (SSSR count). The second-order valence-corrected chi connectivity index (χ2v) is 5.69. The maximum atomic E-state index is 12.5. The molecule has 0 spiro atoms. The minimum Gasteiger partial charge on any atom is -0.342 e. The van der Waals surface area contributed by atoms with Gasteiger partial charge in [-0.15, -0.1) is 0 Å². The maximum absolute atomic E-state index is 12.5. The van der Waals surface area contributed by atoms with Crippen molar-refractivity contribution in [1.29, 1.82) is 0 Å². The van der Waals surface area contributed by atoms with E-state index in [1.54, 1.807) is 0 Å². The molecule has 0 radical (unpaired) electrons. The van der Waals surface area contributed by atoms with Gasteiger partial charge in [-0.1, -0.05) is 33.6 Å². The highest BCUT2D eigenvalue weighted by molar-refractivity contribution is 5.78. The van der Waals surface area contributed by atoms with Crippen molar-refractivity contribution in [3.05, 3.63) is 0 Å². The highest BCUT2D eigenvalue weighted by atomic mass is 16.2. The van der Waals surface area contributed by atoms with E-state index in [4.69, 9.17) is 0 Å². The molecule has 1 aliphatic heterocycles. The van der Waals surface area contributed by atoms with Crippen LogP contribution in [0.4, 0.5) is 0 Å². The quantitative estimate of drug-likeness (QED) is 0.790. The average Bonchev–Trinajstić information content (AvgIpc) is 2.39. The Labute approximate surface area is 112 Å². The smallest absolute Gasteiger partial charge is 0.225 e. The molecule has 0 aromatic carbocycles. The number of hydrogen-bond donors (Lipinski definition) is 1. The summed E-state index contributed by atoms with van der Waals surface area (Å²) < 4.78 is 0. The summed E-state index contributed by atoms with van der Waals surface area (Å²) in [6.07, 6.45) is 5.49. The van der Waals surface area contributed by atoms with Gasteiger partial charge in [-0.3, -0.25) is 4.79 Å². The molecule has 1 amide bonds. The Balaban J connectivity index is 2.50. The number of piperidine rings is 1. The third-order valence-corrected chi connectivity index (χ3v) is 4.34. The molecule has 0 aromatic heterocycles. The van der Waals surface area contributed by atoms with Crippen molar-refractivity contribution in [2.24, 2.45) is 11.8 Å². The summed E-state index contributed by atoms with van der Waals surface area (Å²) in [4.78, 5) is 14.6. The molecule has 0 saturated carbocycles. The normalized spacial score (nSPS) is 26.1. The first-order chi connectivity index (χ1) is 8.63. The molecule has 0 bridgehead atoms. The minimum absolute atomic E-state index is 0.253. The monoisotopic (exact) mass is 254 g/mol. The zero-order chi connectivity index (χ0) is 13.5. The van der Waals surface area contributed by atoms with Gasteiger partial charge in [0, 0.05) is 25.0 Å². The van der Waals surface area contributed by atoms with Crippen LogP contribution in [0, 0.1) is 11.8 Å². The van der Waals surface area contributed by atoms with Crippen molar-refractivity contribution in [2.45, 2.75) is 58.9 Å². The van der Waals surface area contributed by atoms with Gasteiger partial charge < -0.3 is 10.2 Å². The summed E-state index contributed by atoms with van der Waals surface area (Å²) in [6, 6.07) is 0.574. The van der Waals surface area contributed by atoms with E-state index in [2.05, 4.69) is 31.0 Å². The van der Waals surface area contributed by atoms with E-state index in [1.165, 1.54) is 12.8 Å². The van der Waals surface area contributed by atoms with Gasteiger partial charge in [0.15, 0.2) is 0 Å². The first kappa shape index (κ1) is 15.5. The van der Waals surface area contributed by atoms with Crippen LogP contribution in [0.25, 0.3) is 0 Å². The van der Waals surface area contributed by atoms with Gasteiger partial charge in [0.1, 0.15) is 0 Å². The molecule has 0 aliphatic carbocycles. The van der Waals surface area contributed by atoms with Gasteiger partial charge >= 0.3 is 0 Å². The minimum atomic E-state index is 0.253. The van der Waals surface area contributed by atoms with Crippen LogP contribution in [0.1, 0.15) is 52.9 Å². The maximum Gasteiger partial charge on any atom is 0.225 e. The largest absolute Gasteiger partial charge is 0.342 e. The zero-order valence-corrected chi connectivity index (χ0v) is 12.5. The lowest BCUT2D eigenvalue weighted by molar-refractivity contribution is -0.138. The number of likely N-dealkylation sites (tertiary alicyclic amines) is 1. The lowest BCUT2D eigenvalue weighted by atomic mass is 9.91. The van der Waals surface area contributed by atoms with Crippen molar-refractivity contribution in [2.75, 3.05) is 20.1 Å². The van der Waals surface area contributed by atoms with E-state index in [-0.39, 0.29) is 5.92 Å². The molecule has 3 nitrogen and oxygen atoms in total. The predicted molar refractivity (Wildman–Crippen MR) is 76.5 cm³/mol. The summed E-state index contributed by atoms with van der Waals surface area (Å²) in [6.45, 7) is 8.43. The highest BCUT2D eigenvalue weighted by Gasteiger charge is 2.30. The molecule has 1 fully saturated rings. The fraction of sp³-hybridized carbons (Fsp3) is 0.933. The molecule has 3 atom stereocenters. The molecule has 18 heavy (non-hydrogen) atoms. The van der Waals surface area contributed by atoms with Crippen LogP contribution in [0.2, 0.25) is 0 Å². The second-order valence-electron chi connectivity index (χ2n) is 5.69. The van der Waals surface area contributed by atoms with Crippen molar-refractivity contribution in [3.8, 4) is 0 Å². The van der Waals surface area contributed by atoms with Crippen LogP contribution >= 0.6 is 0 Å². The fourth-order valence-electron chi connectivity index (χ4n) is 2.99. The van der Waals surface area contributed by atoms with Crippen LogP contribution in [0.15, 0.2) is 0 Å². The molecule has 1 saturated heterocycles. The van der Waals surface area contributed by atoms with E-state index in [1.807, 2.05) is 7.05 Å². The number of amides is 1. The molecular formula is C15H30N2O. The molecule has 1 N–H and O–H groups in total. The van der Waals surface area contributed by atoms with Crippen molar-refractivity contribution < 1.29 is 4.79 Å². The first-order valence-electron chi connectivity index (χ1n) is 7.60. The second kappa shape index (κ2) is 7.78. The number of carbonyl (C=O) groups is 1. The van der Waals surface area contributed by atoms with Crippen molar-refractivity contribution >= 4 is 5.91 Å². The molecule has 106 valence electrons. The Morgan fingerprint density at radius 1 is 1.44 bits per heavy atom. The highest BCUT2D eigenvalue weighted by Crippen LogP contribution is 2.22. The molecule has 1 heterocycles. The van der Waals surface area contributed by atoms with Crippen molar-refractivity contribution in [3.63, 3.8) is 0 Å². The topological polar surface area (TPSA) is 32.3 Å². The Morgan fingerprint density at radius 3 is 2.67 bits per heavy atom. The predicted octanol–water partition coefficient (Wildman–Crippen LogP) is 2.66. The molecule has 0 aromatic rings. The van der Waals surface area contributed by atoms with E-state index in [0.29, 0.717) is 17.9 Å². The van der Waals surface area contributed by atoms with Gasteiger partial charge in [0.05, 0.1) is 0 Å². The standard InChI is InChI=1S/C15H30N2O/c1-5-7-8-13(6-2)15(18)17-10-9-14(16-4)12(3)11-17/h12-14,16H,5-11H2,1-4H3. The molecular weight excluding hydrogens is 224 g/mol. The average molecular weight is 254 g/mol. The van der Waals surface area contributed by atoms with Crippen LogP contribution in [0.5, 0.6) is 0 Å². The lowest BCUT2D eigenvalue weighted by Crippen LogP contribution is -2.50. The molecule has 3 unspecified atom stereocenters. The van der Waals surface area contributed by atoms with Gasteiger partial charge in [0.25, 0.3) is 0 Å². The van der Waals surface area contributed by atoms with Crippen molar-refractivity contribution in [1.82, 2.24) is 10.2 Å². The Hall–Kier alpha value is -0.570. The van der Waals surface area contributed by atoms with Gasteiger partial charge in [-0.05, 0) is 32.2 Å². The van der Waals surface area contributed by atoms with Gasteiger partial charge in [-0.2, -0.15) is 0 Å². The Morgan fingerprint density at radius 2 is 2.17 bits per heavy atom. The SMILES string of the molecule is CCCCC(CC)C(=O)N1CCC(NC)C(C)C1. The van der Waals surface area contributed by atoms with E-state index >= 15 is 0 Å². The number of rotatable bonds is 6. The summed E-state index contributed by atoms with van der Waals surface area (Å²) >= 11 is 0. The lowest BCUT2D eigenvalue weighted by Gasteiger charge is -2.38. The third kappa shape index (κ3) is 3.98. The van der Waals surface area contributed by atoms with Gasteiger partial charge in [0.2, 0.25) is 5.91 Å². The zero-order valence-electron chi connectivity index (χ0n) is 12.5. The number of nitrogens with one attached hydrogen (secondary N) is 1. The summed E-state index contributed by atoms with van der Waals surface area (Å²) in [5.41, 5.74) is 0. The van der Waals surface area contributed by atoms with Gasteiger partial charge in [-0.25, -0.2) is 0 Å².